The molecule has 35 heteroatoms. The predicted molar refractivity (Wildman–Crippen MR) is 231 cm³/mol. The maximum Gasteiger partial charge on any atom is 0.397 e. The zero-order chi connectivity index (χ0) is 55.5. The molecule has 0 aromatic heterocycles. The fraction of sp³-hybridized carbons (Fsp3) is 0.868. The summed E-state index contributed by atoms with van der Waals surface area (Å²) in [5, 5.41) is 84.0. The monoisotopic (exact) mass is 1100 g/mol. The van der Waals surface area contributed by atoms with Gasteiger partial charge in [0.25, 0.3) is 5.91 Å². The molecule has 13 N–H and O–H groups in total. The van der Waals surface area contributed by atoms with Crippen molar-refractivity contribution in [2.24, 2.45) is 0 Å². The highest BCUT2D eigenvalue weighted by Crippen LogP contribution is 2.36. The number of carbonyl (C=O) groups is 5. The van der Waals surface area contributed by atoms with Gasteiger partial charge >= 0.3 is 26.8 Å². The average Bonchev–Trinajstić information content (AvgIpc) is 3.23. The van der Waals surface area contributed by atoms with Crippen molar-refractivity contribution < 1.29 is 137 Å². The largest absolute Gasteiger partial charge is 0.479 e. The van der Waals surface area contributed by atoms with Crippen LogP contribution in [0.25, 0.3) is 0 Å². The highest BCUT2D eigenvalue weighted by atomic mass is 32.3. The molecule has 0 aromatic carbocycles. The zero-order valence-corrected chi connectivity index (χ0v) is 42.1. The topological polar surface area (TPSA) is 485 Å². The normalized spacial score (nSPS) is 37.7. The van der Waals surface area contributed by atoms with Crippen LogP contribution in [0.2, 0.25) is 0 Å². The van der Waals surface area contributed by atoms with Gasteiger partial charge in [-0.25, -0.2) is 13.2 Å². The van der Waals surface area contributed by atoms with E-state index in [2.05, 4.69) is 19.0 Å². The number of rotatable bonds is 18. The van der Waals surface area contributed by atoms with Crippen LogP contribution < -0.4 is 21.5 Å². The molecule has 0 saturated carbocycles. The molecule has 4 rings (SSSR count). The molecule has 0 bridgehead atoms. The van der Waals surface area contributed by atoms with Crippen molar-refractivity contribution in [1.82, 2.24) is 21.5 Å². The summed E-state index contributed by atoms with van der Waals surface area (Å²) in [7, 11) is -10.5. The van der Waals surface area contributed by atoms with Crippen molar-refractivity contribution in [2.75, 3.05) is 13.2 Å². The average molecular weight is 1110 g/mol. The van der Waals surface area contributed by atoms with E-state index in [1.54, 1.807) is 0 Å². The van der Waals surface area contributed by atoms with E-state index < -0.39 is 198 Å². The van der Waals surface area contributed by atoms with E-state index in [1.807, 2.05) is 10.9 Å². The number of hydrogen-bond donors (Lipinski definition) is 13. The number of aliphatic hydroxyl groups is 6. The minimum absolute atomic E-state index is 0.763. The summed E-state index contributed by atoms with van der Waals surface area (Å²) in [6, 6.07) is -3.62. The fourth-order valence-corrected chi connectivity index (χ4v) is 8.38. The summed E-state index contributed by atoms with van der Waals surface area (Å²) >= 11 is 0. The summed E-state index contributed by atoms with van der Waals surface area (Å²) < 4.78 is 126. The Kier molecular flexibility index (Phi) is 20.9. The molecule has 0 spiro atoms. The lowest BCUT2D eigenvalue weighted by atomic mass is 9.93. The lowest BCUT2D eigenvalue weighted by Gasteiger charge is -2.50. The number of hydrazine groups is 1. The first-order valence-electron chi connectivity index (χ1n) is 22.0. The van der Waals surface area contributed by atoms with Gasteiger partial charge in [0.05, 0.1) is 24.4 Å². The molecule has 0 radical (unpaired) electrons. The molecular formula is C38H64N4O29S2. The van der Waals surface area contributed by atoms with Crippen LogP contribution in [0.15, 0.2) is 0 Å². The molecule has 4 aliphatic heterocycles. The van der Waals surface area contributed by atoms with Crippen LogP contribution in [-0.4, -0.2) is 238 Å². The van der Waals surface area contributed by atoms with Crippen molar-refractivity contribution in [1.29, 1.82) is 0 Å². The third-order valence-corrected chi connectivity index (χ3v) is 11.5. The zero-order valence-electron chi connectivity index (χ0n) is 40.5. The Morgan fingerprint density at radius 3 is 1.29 bits per heavy atom. The molecule has 20 atom stereocenters. The molecule has 422 valence electrons. The maximum atomic E-state index is 13.3. The number of nitrogens with one attached hydrogen (secondary N) is 4. The first-order chi connectivity index (χ1) is 33.4. The van der Waals surface area contributed by atoms with E-state index in [0.717, 1.165) is 20.8 Å². The molecule has 33 nitrogen and oxygen atoms in total. The van der Waals surface area contributed by atoms with Gasteiger partial charge in [-0.1, -0.05) is 0 Å². The van der Waals surface area contributed by atoms with E-state index in [4.69, 9.17) is 42.6 Å². The van der Waals surface area contributed by atoms with Gasteiger partial charge in [-0.15, -0.1) is 0 Å². The van der Waals surface area contributed by atoms with Gasteiger partial charge in [-0.2, -0.15) is 16.8 Å². The first-order valence-corrected chi connectivity index (χ1v) is 24.7. The van der Waals surface area contributed by atoms with Gasteiger partial charge in [-0.05, 0) is 41.5 Å². The minimum Gasteiger partial charge on any atom is -0.479 e. The van der Waals surface area contributed by atoms with Gasteiger partial charge in [0, 0.05) is 20.8 Å². The maximum absolute atomic E-state index is 13.3. The van der Waals surface area contributed by atoms with Crippen LogP contribution in [-0.2, 0) is 95.8 Å². The van der Waals surface area contributed by atoms with Gasteiger partial charge < -0.3 is 89.0 Å². The quantitative estimate of drug-likeness (QED) is 0.0448. The molecule has 73 heavy (non-hydrogen) atoms. The van der Waals surface area contributed by atoms with Crippen LogP contribution in [0.1, 0.15) is 62.3 Å². The van der Waals surface area contributed by atoms with Crippen LogP contribution in [0.3, 0.4) is 0 Å². The molecule has 4 saturated heterocycles. The van der Waals surface area contributed by atoms with E-state index >= 15 is 0 Å². The lowest BCUT2D eigenvalue weighted by molar-refractivity contribution is -0.371. The van der Waals surface area contributed by atoms with Gasteiger partial charge in [0.1, 0.15) is 85.3 Å². The number of hydrogen-bond acceptors (Lipinski definition) is 26. The number of carbonyl (C=O) groups excluding carboxylic acids is 4. The Balaban J connectivity index is 1.74. The van der Waals surface area contributed by atoms with E-state index in [0.29, 0.717) is 0 Å². The second-order valence-electron chi connectivity index (χ2n) is 19.0. The number of aliphatic carboxylic acids is 1. The highest BCUT2D eigenvalue weighted by molar-refractivity contribution is 7.81. The van der Waals surface area contributed by atoms with Crippen molar-refractivity contribution in [2.45, 2.75) is 196 Å². The molecule has 8 unspecified atom stereocenters. The second kappa shape index (κ2) is 24.7. The third kappa shape index (κ3) is 17.5. The summed E-state index contributed by atoms with van der Waals surface area (Å²) in [6.45, 7) is 9.66. The van der Waals surface area contributed by atoms with Crippen LogP contribution in [0, 0.1) is 0 Å². The van der Waals surface area contributed by atoms with Crippen LogP contribution in [0.5, 0.6) is 0 Å². The van der Waals surface area contributed by atoms with Gasteiger partial charge in [0.2, 0.25) is 17.7 Å². The van der Waals surface area contributed by atoms with Crippen molar-refractivity contribution in [3.05, 3.63) is 0 Å². The Hall–Kier alpha value is -3.51. The summed E-state index contributed by atoms with van der Waals surface area (Å²) in [6.07, 6.45) is -38.7. The number of ether oxygens (including phenoxy) is 9. The summed E-state index contributed by atoms with van der Waals surface area (Å²) in [4.78, 5) is 63.2. The molecule has 4 fully saturated rings. The molecule has 0 aromatic rings. The summed E-state index contributed by atoms with van der Waals surface area (Å²) in [5.74, 6) is -5.72. The van der Waals surface area contributed by atoms with E-state index in [9.17, 15) is 85.7 Å². The number of carboxylic acids is 1. The molecule has 4 aliphatic rings. The van der Waals surface area contributed by atoms with Crippen molar-refractivity contribution >= 4 is 50.4 Å². The van der Waals surface area contributed by atoms with Crippen molar-refractivity contribution in [3.63, 3.8) is 0 Å². The summed E-state index contributed by atoms with van der Waals surface area (Å²) in [5.41, 5.74) is 1.77. The Bertz CT molecular complexity index is 2160. The Morgan fingerprint density at radius 2 is 0.890 bits per heavy atom. The number of aliphatic hydroxyl groups excluding tert-OH is 6. The predicted octanol–water partition coefficient (Wildman–Crippen LogP) is -6.89. The van der Waals surface area contributed by atoms with Crippen LogP contribution >= 0.6 is 0 Å². The lowest BCUT2D eigenvalue weighted by Crippen LogP contribution is -2.71. The number of amides is 4. The minimum atomic E-state index is -5.34. The van der Waals surface area contributed by atoms with Crippen molar-refractivity contribution in [3.8, 4) is 0 Å². The standard InChI is InChI=1S/C38H64N4O29S2/c1-12(43)39-17-25(65-35-24(51)22(49)28(70-37(4,5)6)29(68-35)31(52)42-41-14(3)45)19(46)15(10-61-72(55,56)57)63-33(17)67-27-21(48)23(50)36(69-30(27)32(53)54)66-26-18(40-13(2)44)34(71-38(7,8)9)64-16(20(26)47)11-62-73(58,59)60/h15-30,33-36,46-51H,10-11H2,1-9H3,(H,39,43)(H,40,44)(H,41,45)(H,42,52)(H,53,54)(H,55,56,57)(H,58,59,60)/t15?,16?,17?,18?,19-,20-,21-,22+,23?,24?,25+,26+,27-,28+,29?,30?,33-,34-,35+,36+/m0/s1. The number of carboxylic acid groups (broad SMARTS) is 1. The molecule has 0 aliphatic carbocycles. The first kappa shape index (κ1) is 62.0. The SMILES string of the molecule is CC(=O)NNC(=O)C1O[C@@H](O[C@@H]2C(NC(C)=O)[C@H](O[C@@H]3C(C(=O)O)O[C@@H](O[C@@H]4C(NC(C)=O)[C@H](OC(C)(C)C)OC(COS(=O)(=O)O)[C@@H]4O)C(O)[C@@H]3O)OC(COS(=O)(=O)O)[C@@H]2O)C(O)[C@@H](O)[C@H]1OC(C)(C)C. The molecule has 4 heterocycles. The smallest absolute Gasteiger partial charge is 0.397 e. The van der Waals surface area contributed by atoms with E-state index in [1.165, 1.54) is 41.5 Å². The highest BCUT2D eigenvalue weighted by Gasteiger charge is 2.58. The third-order valence-electron chi connectivity index (χ3n) is 10.6. The van der Waals surface area contributed by atoms with Gasteiger partial charge in [0.15, 0.2) is 37.4 Å². The Labute approximate surface area is 417 Å². The Morgan fingerprint density at radius 1 is 0.493 bits per heavy atom. The van der Waals surface area contributed by atoms with E-state index in [-0.39, 0.29) is 0 Å². The molecule has 4 amide bonds. The second-order valence-corrected chi connectivity index (χ2v) is 21.2. The fourth-order valence-electron chi connectivity index (χ4n) is 7.77. The van der Waals surface area contributed by atoms with Crippen LogP contribution in [0.4, 0.5) is 0 Å². The molecular weight excluding hydrogens is 1040 g/mol. The van der Waals surface area contributed by atoms with Gasteiger partial charge in [-0.3, -0.25) is 39.1 Å².